The maximum absolute atomic E-state index is 12.1. The van der Waals surface area contributed by atoms with Crippen molar-refractivity contribution in [3.05, 3.63) is 34.2 Å². The topological polar surface area (TPSA) is 55.0 Å². The van der Waals surface area contributed by atoms with E-state index in [1.165, 1.54) is 25.7 Å². The third-order valence-corrected chi connectivity index (χ3v) is 4.73. The second-order valence-electron chi connectivity index (χ2n) is 6.47. The minimum absolute atomic E-state index is 0.0726. The van der Waals surface area contributed by atoms with Crippen molar-refractivity contribution in [3.63, 3.8) is 0 Å². The number of hydrogen-bond acceptors (Lipinski definition) is 3. The highest BCUT2D eigenvalue weighted by molar-refractivity contribution is 5.75. The standard InChI is InChI=1S/C18H24N2O2/c1-12-10-13(12)6-4-3-5-7-16-18(21)20-17-11-14(22-2)8-9-15(17)19-16/h8-9,11-13H,3-7,10H2,1-2H3,(H,20,21)/t12?,13-/m1/s1. The molecular weight excluding hydrogens is 276 g/mol. The first kappa shape index (κ1) is 15.1. The highest BCUT2D eigenvalue weighted by Crippen LogP contribution is 2.41. The number of rotatable bonds is 7. The summed E-state index contributed by atoms with van der Waals surface area (Å²) >= 11 is 0. The van der Waals surface area contributed by atoms with Crippen LogP contribution in [0.3, 0.4) is 0 Å². The number of methoxy groups -OCH3 is 1. The van der Waals surface area contributed by atoms with Crippen LogP contribution in [0.5, 0.6) is 5.75 Å². The lowest BCUT2D eigenvalue weighted by molar-refractivity contribution is 0.415. The number of aromatic nitrogens is 2. The Hall–Kier alpha value is -1.84. The van der Waals surface area contributed by atoms with E-state index in [2.05, 4.69) is 16.9 Å². The van der Waals surface area contributed by atoms with E-state index in [4.69, 9.17) is 4.74 Å². The van der Waals surface area contributed by atoms with Gasteiger partial charge in [0.2, 0.25) is 0 Å². The summed E-state index contributed by atoms with van der Waals surface area (Å²) in [6.07, 6.45) is 7.02. The molecule has 1 aromatic heterocycles. The molecule has 2 aromatic rings. The molecule has 3 rings (SSSR count). The summed E-state index contributed by atoms with van der Waals surface area (Å²) in [5.41, 5.74) is 2.13. The number of nitrogens with zero attached hydrogens (tertiary/aromatic N) is 1. The van der Waals surface area contributed by atoms with Gasteiger partial charge in [-0.15, -0.1) is 0 Å². The summed E-state index contributed by atoms with van der Waals surface area (Å²) in [6.45, 7) is 2.33. The molecule has 1 fully saturated rings. The minimum atomic E-state index is -0.0726. The van der Waals surface area contributed by atoms with Crippen molar-refractivity contribution in [3.8, 4) is 5.75 Å². The fraction of sp³-hybridized carbons (Fsp3) is 0.556. The molecule has 1 aliphatic rings. The van der Waals surface area contributed by atoms with Crippen LogP contribution in [0.25, 0.3) is 11.0 Å². The zero-order valence-corrected chi connectivity index (χ0v) is 13.4. The van der Waals surface area contributed by atoms with Gasteiger partial charge in [-0.05, 0) is 43.2 Å². The van der Waals surface area contributed by atoms with Crippen LogP contribution in [0.1, 0.15) is 44.7 Å². The van der Waals surface area contributed by atoms with Crippen LogP contribution in [0.4, 0.5) is 0 Å². The van der Waals surface area contributed by atoms with Crippen molar-refractivity contribution in [2.24, 2.45) is 11.8 Å². The molecule has 0 amide bonds. The van der Waals surface area contributed by atoms with Crippen LogP contribution in [0.15, 0.2) is 23.0 Å². The Bertz CT molecular complexity index is 708. The molecule has 4 heteroatoms. The summed E-state index contributed by atoms with van der Waals surface area (Å²) in [7, 11) is 1.61. The van der Waals surface area contributed by atoms with E-state index >= 15 is 0 Å². The number of nitrogens with one attached hydrogen (secondary N) is 1. The van der Waals surface area contributed by atoms with Crippen LogP contribution >= 0.6 is 0 Å². The van der Waals surface area contributed by atoms with Gasteiger partial charge in [0.1, 0.15) is 11.4 Å². The van der Waals surface area contributed by atoms with Gasteiger partial charge in [0, 0.05) is 6.07 Å². The summed E-state index contributed by atoms with van der Waals surface area (Å²) in [5.74, 6) is 2.64. The van der Waals surface area contributed by atoms with E-state index in [1.54, 1.807) is 7.11 Å². The first-order chi connectivity index (χ1) is 10.7. The number of hydrogen-bond donors (Lipinski definition) is 1. The number of benzene rings is 1. The maximum atomic E-state index is 12.1. The summed E-state index contributed by atoms with van der Waals surface area (Å²) in [4.78, 5) is 19.5. The Morgan fingerprint density at radius 2 is 2.14 bits per heavy atom. The summed E-state index contributed by atoms with van der Waals surface area (Å²) in [6, 6.07) is 5.57. The smallest absolute Gasteiger partial charge is 0.270 e. The van der Waals surface area contributed by atoms with Crippen molar-refractivity contribution in [2.45, 2.75) is 45.4 Å². The molecular formula is C18H24N2O2. The molecule has 1 aromatic carbocycles. The zero-order valence-electron chi connectivity index (χ0n) is 13.4. The second-order valence-corrected chi connectivity index (χ2v) is 6.47. The van der Waals surface area contributed by atoms with Crippen molar-refractivity contribution in [2.75, 3.05) is 7.11 Å². The molecule has 1 saturated carbocycles. The van der Waals surface area contributed by atoms with Gasteiger partial charge < -0.3 is 9.72 Å². The van der Waals surface area contributed by atoms with Gasteiger partial charge in [-0.25, -0.2) is 4.98 Å². The van der Waals surface area contributed by atoms with E-state index in [0.717, 1.165) is 41.5 Å². The van der Waals surface area contributed by atoms with Crippen LogP contribution in [-0.2, 0) is 6.42 Å². The highest BCUT2D eigenvalue weighted by Gasteiger charge is 2.31. The van der Waals surface area contributed by atoms with Crippen LogP contribution in [0.2, 0.25) is 0 Å². The quantitative estimate of drug-likeness (QED) is 0.793. The fourth-order valence-corrected chi connectivity index (χ4v) is 3.08. The third kappa shape index (κ3) is 3.49. The normalized spacial score (nSPS) is 20.3. The molecule has 2 atom stereocenters. The molecule has 0 saturated heterocycles. The van der Waals surface area contributed by atoms with E-state index in [1.807, 2.05) is 18.2 Å². The number of H-pyrrole nitrogens is 1. The Labute approximate surface area is 130 Å². The molecule has 0 radical (unpaired) electrons. The average molecular weight is 300 g/mol. The molecule has 1 heterocycles. The van der Waals surface area contributed by atoms with Gasteiger partial charge in [-0.2, -0.15) is 0 Å². The Balaban J connectivity index is 1.58. The number of unbranched alkanes of at least 4 members (excludes halogenated alkanes) is 2. The first-order valence-electron chi connectivity index (χ1n) is 8.24. The van der Waals surface area contributed by atoms with Gasteiger partial charge in [0.25, 0.3) is 5.56 Å². The van der Waals surface area contributed by atoms with Gasteiger partial charge >= 0.3 is 0 Å². The summed E-state index contributed by atoms with van der Waals surface area (Å²) < 4.78 is 5.17. The number of fused-ring (bicyclic) bond motifs is 1. The van der Waals surface area contributed by atoms with Crippen molar-refractivity contribution >= 4 is 11.0 Å². The molecule has 1 N–H and O–H groups in total. The Morgan fingerprint density at radius 3 is 2.86 bits per heavy atom. The van der Waals surface area contributed by atoms with Crippen molar-refractivity contribution < 1.29 is 4.74 Å². The molecule has 1 unspecified atom stereocenters. The zero-order chi connectivity index (χ0) is 15.5. The third-order valence-electron chi connectivity index (χ3n) is 4.73. The summed E-state index contributed by atoms with van der Waals surface area (Å²) in [5, 5.41) is 0. The molecule has 4 nitrogen and oxygen atoms in total. The molecule has 0 aliphatic heterocycles. The Morgan fingerprint density at radius 1 is 1.32 bits per heavy atom. The van der Waals surface area contributed by atoms with Crippen LogP contribution in [0, 0.1) is 11.8 Å². The lowest BCUT2D eigenvalue weighted by Crippen LogP contribution is -2.15. The lowest BCUT2D eigenvalue weighted by atomic mass is 10.1. The first-order valence-corrected chi connectivity index (χ1v) is 8.24. The van der Waals surface area contributed by atoms with E-state index in [-0.39, 0.29) is 5.56 Å². The van der Waals surface area contributed by atoms with E-state index in [0.29, 0.717) is 5.69 Å². The van der Waals surface area contributed by atoms with Gasteiger partial charge in [0.05, 0.1) is 18.1 Å². The average Bonchev–Trinajstić information content (AvgIpc) is 3.22. The fourth-order valence-electron chi connectivity index (χ4n) is 3.08. The predicted molar refractivity (Wildman–Crippen MR) is 88.4 cm³/mol. The predicted octanol–water partition coefficient (Wildman–Crippen LogP) is 3.69. The largest absolute Gasteiger partial charge is 0.497 e. The van der Waals surface area contributed by atoms with Crippen LogP contribution < -0.4 is 10.3 Å². The number of ether oxygens (including phenoxy) is 1. The van der Waals surface area contributed by atoms with Crippen LogP contribution in [-0.4, -0.2) is 17.1 Å². The van der Waals surface area contributed by atoms with Gasteiger partial charge in [-0.3, -0.25) is 4.79 Å². The highest BCUT2D eigenvalue weighted by atomic mass is 16.5. The number of aryl methyl sites for hydroxylation is 1. The monoisotopic (exact) mass is 300 g/mol. The van der Waals surface area contributed by atoms with E-state index in [9.17, 15) is 4.79 Å². The van der Waals surface area contributed by atoms with Gasteiger partial charge in [0.15, 0.2) is 0 Å². The minimum Gasteiger partial charge on any atom is -0.497 e. The second kappa shape index (κ2) is 6.51. The molecule has 118 valence electrons. The van der Waals surface area contributed by atoms with Crippen molar-refractivity contribution in [1.29, 1.82) is 0 Å². The molecule has 0 bridgehead atoms. The Kier molecular flexibility index (Phi) is 4.46. The lowest BCUT2D eigenvalue weighted by Gasteiger charge is -2.05. The van der Waals surface area contributed by atoms with Gasteiger partial charge in [-0.1, -0.05) is 26.2 Å². The van der Waals surface area contributed by atoms with E-state index < -0.39 is 0 Å². The molecule has 1 aliphatic carbocycles. The SMILES string of the molecule is COc1ccc2nc(CCCCC[C@@H]3CC3C)c(=O)[nH]c2c1. The molecule has 0 spiro atoms. The van der Waals surface area contributed by atoms with Crippen molar-refractivity contribution in [1.82, 2.24) is 9.97 Å². The molecule has 22 heavy (non-hydrogen) atoms. The maximum Gasteiger partial charge on any atom is 0.270 e. The number of aromatic amines is 1.